The van der Waals surface area contributed by atoms with E-state index in [9.17, 15) is 4.79 Å². The summed E-state index contributed by atoms with van der Waals surface area (Å²) in [6.45, 7) is 4.50. The summed E-state index contributed by atoms with van der Waals surface area (Å²) in [6, 6.07) is 6.15. The third-order valence-corrected chi connectivity index (χ3v) is 2.84. The van der Waals surface area contributed by atoms with Gasteiger partial charge < -0.3 is 14.6 Å². The number of carbonyl (C=O) groups is 1. The summed E-state index contributed by atoms with van der Waals surface area (Å²) in [7, 11) is 1.95. The molecule has 0 spiro atoms. The highest BCUT2D eigenvalue weighted by atomic mass is 16.5. The number of benzene rings is 1. The number of fused-ring (bicyclic) bond motifs is 1. The zero-order valence-electron chi connectivity index (χ0n) is 11.5. The van der Waals surface area contributed by atoms with Gasteiger partial charge in [-0.05, 0) is 17.7 Å². The molecule has 0 aliphatic carbocycles. The van der Waals surface area contributed by atoms with Crippen molar-refractivity contribution in [3.8, 4) is 0 Å². The molecule has 1 aromatic heterocycles. The molecular weight excluding hydrogens is 242 g/mol. The van der Waals surface area contributed by atoms with Crippen molar-refractivity contribution in [3.63, 3.8) is 0 Å². The van der Waals surface area contributed by atoms with Crippen molar-refractivity contribution < 1.29 is 9.53 Å². The first-order valence-electron chi connectivity index (χ1n) is 6.35. The Balaban J connectivity index is 1.92. The van der Waals surface area contributed by atoms with E-state index in [0.717, 1.165) is 16.6 Å². The average Bonchev–Trinajstić information content (AvgIpc) is 2.75. The number of aromatic nitrogens is 2. The third kappa shape index (κ3) is 3.54. The summed E-state index contributed by atoms with van der Waals surface area (Å²) < 4.78 is 7.15. The molecule has 0 aliphatic rings. The Bertz CT molecular complexity index is 575. The van der Waals surface area contributed by atoms with E-state index in [-0.39, 0.29) is 25.2 Å². The first-order chi connectivity index (χ1) is 9.06. The van der Waals surface area contributed by atoms with Gasteiger partial charge in [0.05, 0.1) is 23.9 Å². The predicted molar refractivity (Wildman–Crippen MR) is 73.6 cm³/mol. The summed E-state index contributed by atoms with van der Waals surface area (Å²) >= 11 is 0. The van der Waals surface area contributed by atoms with Gasteiger partial charge in [-0.15, -0.1) is 0 Å². The van der Waals surface area contributed by atoms with Gasteiger partial charge in [0.1, 0.15) is 6.61 Å². The maximum Gasteiger partial charge on any atom is 0.320 e. The highest BCUT2D eigenvalue weighted by Crippen LogP contribution is 2.14. The minimum absolute atomic E-state index is 0.240. The molecule has 0 unspecified atom stereocenters. The fourth-order valence-corrected chi connectivity index (χ4v) is 1.77. The molecule has 2 rings (SSSR count). The van der Waals surface area contributed by atoms with Crippen LogP contribution in [-0.4, -0.2) is 28.1 Å². The zero-order valence-corrected chi connectivity index (χ0v) is 11.5. The van der Waals surface area contributed by atoms with Gasteiger partial charge in [0.15, 0.2) is 0 Å². The Labute approximate surface area is 112 Å². The fourth-order valence-electron chi connectivity index (χ4n) is 1.77. The van der Waals surface area contributed by atoms with Crippen molar-refractivity contribution in [2.75, 3.05) is 6.54 Å². The standard InChI is InChI=1S/C14H19N3O2/c1-10(2)15-7-14(18)19-8-11-4-5-13-12(6-11)16-9-17(13)3/h4-6,9-10,15H,7-8H2,1-3H3. The molecule has 0 amide bonds. The normalized spacial score (nSPS) is 11.2. The topological polar surface area (TPSA) is 56.1 Å². The van der Waals surface area contributed by atoms with Crippen LogP contribution in [0, 0.1) is 0 Å². The number of nitrogens with zero attached hydrogens (tertiary/aromatic N) is 2. The number of hydrogen-bond acceptors (Lipinski definition) is 4. The summed E-state index contributed by atoms with van der Waals surface area (Å²) in [6.07, 6.45) is 1.77. The lowest BCUT2D eigenvalue weighted by Gasteiger charge is -2.08. The monoisotopic (exact) mass is 261 g/mol. The molecule has 0 radical (unpaired) electrons. The summed E-state index contributed by atoms with van der Waals surface area (Å²) in [5, 5.41) is 3.02. The molecule has 5 nitrogen and oxygen atoms in total. The van der Waals surface area contributed by atoms with Gasteiger partial charge in [-0.2, -0.15) is 0 Å². The highest BCUT2D eigenvalue weighted by molar-refractivity contribution is 5.76. The second-order valence-electron chi connectivity index (χ2n) is 4.87. The molecule has 2 aromatic rings. The molecule has 1 heterocycles. The number of nitrogens with one attached hydrogen (secondary N) is 1. The van der Waals surface area contributed by atoms with Crippen molar-refractivity contribution in [2.24, 2.45) is 7.05 Å². The molecule has 0 saturated heterocycles. The second kappa shape index (κ2) is 5.84. The molecule has 1 aromatic carbocycles. The largest absolute Gasteiger partial charge is 0.460 e. The van der Waals surface area contributed by atoms with Crippen LogP contribution in [-0.2, 0) is 23.2 Å². The Morgan fingerprint density at radius 1 is 1.47 bits per heavy atom. The Kier molecular flexibility index (Phi) is 4.16. The second-order valence-corrected chi connectivity index (χ2v) is 4.87. The van der Waals surface area contributed by atoms with Gasteiger partial charge >= 0.3 is 5.97 Å². The maximum absolute atomic E-state index is 11.5. The number of aryl methyl sites for hydroxylation is 1. The molecule has 0 bridgehead atoms. The molecule has 0 atom stereocenters. The van der Waals surface area contributed by atoms with Gasteiger partial charge in [-0.3, -0.25) is 4.79 Å². The number of ether oxygens (including phenoxy) is 1. The first-order valence-corrected chi connectivity index (χ1v) is 6.35. The number of rotatable bonds is 5. The molecule has 0 fully saturated rings. The van der Waals surface area contributed by atoms with Gasteiger partial charge in [0, 0.05) is 13.1 Å². The first kappa shape index (κ1) is 13.5. The number of hydrogen-bond donors (Lipinski definition) is 1. The van der Waals surface area contributed by atoms with E-state index in [0.29, 0.717) is 0 Å². The quantitative estimate of drug-likeness (QED) is 0.831. The smallest absolute Gasteiger partial charge is 0.320 e. The van der Waals surface area contributed by atoms with Gasteiger partial charge in [-0.1, -0.05) is 19.9 Å². The molecule has 102 valence electrons. The predicted octanol–water partition coefficient (Wildman–Crippen LogP) is 1.61. The SMILES string of the molecule is CC(C)NCC(=O)OCc1ccc2c(c1)ncn2C. The van der Waals surface area contributed by atoms with Crippen molar-refractivity contribution in [2.45, 2.75) is 26.5 Å². The molecule has 1 N–H and O–H groups in total. The fraction of sp³-hybridized carbons (Fsp3) is 0.429. The zero-order chi connectivity index (χ0) is 13.8. The molecule has 0 saturated carbocycles. The molecule has 0 aliphatic heterocycles. The van der Waals surface area contributed by atoms with Crippen LogP contribution in [0.4, 0.5) is 0 Å². The van der Waals surface area contributed by atoms with Crippen LogP contribution < -0.4 is 5.32 Å². The highest BCUT2D eigenvalue weighted by Gasteiger charge is 2.06. The molecule has 5 heteroatoms. The van der Waals surface area contributed by atoms with Crippen molar-refractivity contribution in [1.82, 2.24) is 14.9 Å². The van der Waals surface area contributed by atoms with Crippen LogP contribution in [0.5, 0.6) is 0 Å². The Morgan fingerprint density at radius 2 is 2.26 bits per heavy atom. The van der Waals surface area contributed by atoms with Crippen molar-refractivity contribution in [1.29, 1.82) is 0 Å². The van der Waals surface area contributed by atoms with Gasteiger partial charge in [-0.25, -0.2) is 4.98 Å². The van der Waals surface area contributed by atoms with Crippen molar-refractivity contribution >= 4 is 17.0 Å². The number of imidazole rings is 1. The van der Waals surface area contributed by atoms with E-state index in [2.05, 4.69) is 10.3 Å². The van der Waals surface area contributed by atoms with E-state index in [4.69, 9.17) is 4.74 Å². The lowest BCUT2D eigenvalue weighted by molar-refractivity contribution is -0.143. The maximum atomic E-state index is 11.5. The van der Waals surface area contributed by atoms with Crippen LogP contribution in [0.15, 0.2) is 24.5 Å². The van der Waals surface area contributed by atoms with Crippen LogP contribution in [0.3, 0.4) is 0 Å². The van der Waals surface area contributed by atoms with Crippen LogP contribution in [0.25, 0.3) is 11.0 Å². The molecular formula is C14H19N3O2. The minimum atomic E-state index is -0.241. The van der Waals surface area contributed by atoms with Gasteiger partial charge in [0.25, 0.3) is 0 Å². The van der Waals surface area contributed by atoms with E-state index < -0.39 is 0 Å². The average molecular weight is 261 g/mol. The van der Waals surface area contributed by atoms with Crippen LogP contribution in [0.2, 0.25) is 0 Å². The van der Waals surface area contributed by atoms with Crippen LogP contribution in [0.1, 0.15) is 19.4 Å². The third-order valence-electron chi connectivity index (χ3n) is 2.84. The lowest BCUT2D eigenvalue weighted by atomic mass is 10.2. The summed E-state index contributed by atoms with van der Waals surface area (Å²) in [4.78, 5) is 15.8. The summed E-state index contributed by atoms with van der Waals surface area (Å²) in [5.74, 6) is -0.241. The van der Waals surface area contributed by atoms with E-state index >= 15 is 0 Å². The van der Waals surface area contributed by atoms with E-state index in [1.807, 2.05) is 43.7 Å². The number of esters is 1. The van der Waals surface area contributed by atoms with Gasteiger partial charge in [0.2, 0.25) is 0 Å². The minimum Gasteiger partial charge on any atom is -0.460 e. The van der Waals surface area contributed by atoms with E-state index in [1.54, 1.807) is 6.33 Å². The van der Waals surface area contributed by atoms with Crippen molar-refractivity contribution in [3.05, 3.63) is 30.1 Å². The van der Waals surface area contributed by atoms with E-state index in [1.165, 1.54) is 0 Å². The Hall–Kier alpha value is -1.88. The van der Waals surface area contributed by atoms with Crippen LogP contribution >= 0.6 is 0 Å². The Morgan fingerprint density at radius 3 is 3.00 bits per heavy atom. The lowest BCUT2D eigenvalue weighted by Crippen LogP contribution is -2.30. The number of carbonyl (C=O) groups excluding carboxylic acids is 1. The molecule has 19 heavy (non-hydrogen) atoms. The summed E-state index contributed by atoms with van der Waals surface area (Å²) in [5.41, 5.74) is 2.93.